The van der Waals surface area contributed by atoms with E-state index in [1.165, 1.54) is 41.7 Å². The predicted octanol–water partition coefficient (Wildman–Crippen LogP) is 9.94. The van der Waals surface area contributed by atoms with Crippen LogP contribution >= 0.6 is 35.3 Å². The Balaban J connectivity index is 1.63. The van der Waals surface area contributed by atoms with E-state index in [4.69, 9.17) is 17.6 Å². The number of fused-ring (bicyclic) bond motifs is 2. The van der Waals surface area contributed by atoms with Crippen molar-refractivity contribution < 1.29 is 0 Å². The van der Waals surface area contributed by atoms with E-state index in [1.807, 2.05) is 28.9 Å². The Morgan fingerprint density at radius 1 is 1.00 bits per heavy atom. The van der Waals surface area contributed by atoms with Crippen LogP contribution < -0.4 is 0 Å². The molecular weight excluding hydrogens is 471 g/mol. The summed E-state index contributed by atoms with van der Waals surface area (Å²) < 4.78 is 2.72. The maximum Gasteiger partial charge on any atom is 0.0841 e. The SMILES string of the molecule is Cc1c(CC(C)C)sc2cc(-c3ccnc(-c4cc(C(C)(C)C)c5sccc5c4)c3S)ccc12. The Hall–Kier alpha value is -2.14. The minimum Gasteiger partial charge on any atom is -0.255 e. The molecule has 1 nitrogen and oxygen atoms in total. The number of benzene rings is 2. The zero-order valence-corrected chi connectivity index (χ0v) is 23.2. The Kier molecular flexibility index (Phi) is 6.12. The molecular formula is C30H31NS3. The van der Waals surface area contributed by atoms with Crippen molar-refractivity contribution in [2.45, 2.75) is 58.3 Å². The van der Waals surface area contributed by atoms with E-state index in [0.717, 1.165) is 28.1 Å². The van der Waals surface area contributed by atoms with Gasteiger partial charge in [-0.15, -0.1) is 35.3 Å². The summed E-state index contributed by atoms with van der Waals surface area (Å²) in [7, 11) is 0. The number of thiol groups is 1. The summed E-state index contributed by atoms with van der Waals surface area (Å²) in [5.74, 6) is 0.664. The molecule has 0 aliphatic carbocycles. The molecule has 2 aromatic carbocycles. The lowest BCUT2D eigenvalue weighted by Crippen LogP contribution is -2.11. The summed E-state index contributed by atoms with van der Waals surface area (Å²) in [5, 5.41) is 4.83. The number of hydrogen-bond donors (Lipinski definition) is 1. The molecule has 0 saturated carbocycles. The highest BCUT2D eigenvalue weighted by atomic mass is 32.1. The second kappa shape index (κ2) is 8.82. The largest absolute Gasteiger partial charge is 0.255 e. The van der Waals surface area contributed by atoms with E-state index in [0.29, 0.717) is 5.92 Å². The molecule has 174 valence electrons. The van der Waals surface area contributed by atoms with Crippen molar-refractivity contribution in [2.75, 3.05) is 0 Å². The summed E-state index contributed by atoms with van der Waals surface area (Å²) in [6.07, 6.45) is 3.06. The molecule has 0 bridgehead atoms. The molecule has 0 atom stereocenters. The fourth-order valence-corrected chi connectivity index (χ4v) is 7.64. The van der Waals surface area contributed by atoms with Gasteiger partial charge in [-0.05, 0) is 93.4 Å². The van der Waals surface area contributed by atoms with Gasteiger partial charge in [0, 0.05) is 30.9 Å². The lowest BCUT2D eigenvalue weighted by molar-refractivity contribution is 0.597. The Morgan fingerprint density at radius 3 is 2.53 bits per heavy atom. The fourth-order valence-electron chi connectivity index (χ4n) is 4.68. The van der Waals surface area contributed by atoms with E-state index in [2.05, 4.69) is 89.4 Å². The van der Waals surface area contributed by atoms with Gasteiger partial charge in [0.15, 0.2) is 0 Å². The monoisotopic (exact) mass is 501 g/mol. The predicted molar refractivity (Wildman–Crippen MR) is 155 cm³/mol. The highest BCUT2D eigenvalue weighted by Gasteiger charge is 2.21. The van der Waals surface area contributed by atoms with Gasteiger partial charge in [0.2, 0.25) is 0 Å². The van der Waals surface area contributed by atoms with Crippen molar-refractivity contribution in [1.29, 1.82) is 0 Å². The molecule has 4 heteroatoms. The molecule has 3 aromatic heterocycles. The van der Waals surface area contributed by atoms with Crippen molar-refractivity contribution in [3.05, 3.63) is 70.0 Å². The number of aryl methyl sites for hydroxylation is 1. The van der Waals surface area contributed by atoms with Gasteiger partial charge >= 0.3 is 0 Å². The van der Waals surface area contributed by atoms with Gasteiger partial charge in [-0.25, -0.2) is 0 Å². The highest BCUT2D eigenvalue weighted by molar-refractivity contribution is 7.80. The van der Waals surface area contributed by atoms with E-state index in [-0.39, 0.29) is 5.41 Å². The Bertz CT molecular complexity index is 1510. The van der Waals surface area contributed by atoms with E-state index >= 15 is 0 Å². The zero-order chi connectivity index (χ0) is 24.2. The maximum atomic E-state index is 5.03. The van der Waals surface area contributed by atoms with Crippen LogP contribution in [-0.4, -0.2) is 4.98 Å². The topological polar surface area (TPSA) is 12.9 Å². The third kappa shape index (κ3) is 4.21. The molecule has 0 fully saturated rings. The fraction of sp³-hybridized carbons (Fsp3) is 0.300. The molecule has 0 radical (unpaired) electrons. The average molecular weight is 502 g/mol. The first-order valence-electron chi connectivity index (χ1n) is 11.9. The molecule has 0 saturated heterocycles. The van der Waals surface area contributed by atoms with Gasteiger partial charge in [-0.3, -0.25) is 4.98 Å². The van der Waals surface area contributed by atoms with Crippen LogP contribution in [0, 0.1) is 12.8 Å². The first-order chi connectivity index (χ1) is 16.1. The first kappa shape index (κ1) is 23.6. The van der Waals surface area contributed by atoms with Gasteiger partial charge < -0.3 is 0 Å². The average Bonchev–Trinajstić information content (AvgIpc) is 3.36. The first-order valence-corrected chi connectivity index (χ1v) is 14.0. The molecule has 3 heterocycles. The molecule has 34 heavy (non-hydrogen) atoms. The summed E-state index contributed by atoms with van der Waals surface area (Å²) in [5.41, 5.74) is 7.27. The summed E-state index contributed by atoms with van der Waals surface area (Å²) in [4.78, 5) is 7.23. The number of rotatable bonds is 4. The number of hydrogen-bond acceptors (Lipinski definition) is 4. The normalized spacial score (nSPS) is 12.4. The summed E-state index contributed by atoms with van der Waals surface area (Å²) in [6.45, 7) is 13.7. The van der Waals surface area contributed by atoms with Gasteiger partial charge in [-0.2, -0.15) is 0 Å². The molecule has 0 N–H and O–H groups in total. The number of aromatic nitrogens is 1. The Morgan fingerprint density at radius 2 is 1.79 bits per heavy atom. The van der Waals surface area contributed by atoms with Gasteiger partial charge in [-0.1, -0.05) is 46.8 Å². The molecule has 5 aromatic rings. The third-order valence-corrected chi connectivity index (χ3v) is 9.19. The van der Waals surface area contributed by atoms with Crippen LogP contribution in [0.15, 0.2) is 58.9 Å². The molecule has 0 spiro atoms. The minimum atomic E-state index is 0.0588. The lowest BCUT2D eigenvalue weighted by Gasteiger charge is -2.21. The van der Waals surface area contributed by atoms with Crippen molar-refractivity contribution >= 4 is 55.5 Å². The summed E-state index contributed by atoms with van der Waals surface area (Å²) >= 11 is 8.78. The van der Waals surface area contributed by atoms with Gasteiger partial charge in [0.05, 0.1) is 5.69 Å². The third-order valence-electron chi connectivity index (χ3n) is 6.50. The molecule has 0 amide bonds. The van der Waals surface area contributed by atoms with Crippen molar-refractivity contribution in [2.24, 2.45) is 5.92 Å². The summed E-state index contributed by atoms with van der Waals surface area (Å²) in [6, 6.07) is 15.7. The maximum absolute atomic E-state index is 5.03. The van der Waals surface area contributed by atoms with Crippen LogP contribution in [0.1, 0.15) is 50.6 Å². The van der Waals surface area contributed by atoms with E-state index in [1.54, 1.807) is 0 Å². The molecule has 0 aliphatic heterocycles. The minimum absolute atomic E-state index is 0.0588. The molecule has 0 unspecified atom stereocenters. The van der Waals surface area contributed by atoms with Crippen LogP contribution in [-0.2, 0) is 11.8 Å². The number of pyridine rings is 1. The standard InChI is InChI=1S/C30H31NS3/c1-17(2)13-25-18(3)22-8-7-19(16-26(22)34-25)23-9-11-31-27(28(23)32)21-14-20-10-12-33-29(20)24(15-21)30(4,5)6/h7-12,14-17,32H,13H2,1-6H3. The van der Waals surface area contributed by atoms with Gasteiger partial charge in [0.25, 0.3) is 0 Å². The second-order valence-electron chi connectivity index (χ2n) is 10.6. The zero-order valence-electron chi connectivity index (χ0n) is 20.7. The van der Waals surface area contributed by atoms with Crippen LogP contribution in [0.4, 0.5) is 0 Å². The van der Waals surface area contributed by atoms with Gasteiger partial charge in [0.1, 0.15) is 0 Å². The van der Waals surface area contributed by atoms with E-state index < -0.39 is 0 Å². The van der Waals surface area contributed by atoms with Crippen LogP contribution in [0.5, 0.6) is 0 Å². The van der Waals surface area contributed by atoms with Crippen molar-refractivity contribution in [1.82, 2.24) is 4.98 Å². The van der Waals surface area contributed by atoms with Crippen LogP contribution in [0.2, 0.25) is 0 Å². The number of thiophene rings is 2. The van der Waals surface area contributed by atoms with E-state index in [9.17, 15) is 0 Å². The quantitative estimate of drug-likeness (QED) is 0.242. The molecule has 5 rings (SSSR count). The van der Waals surface area contributed by atoms with Crippen molar-refractivity contribution in [3.63, 3.8) is 0 Å². The number of nitrogens with zero attached hydrogens (tertiary/aromatic N) is 1. The lowest BCUT2D eigenvalue weighted by atomic mass is 9.85. The van der Waals surface area contributed by atoms with Crippen LogP contribution in [0.25, 0.3) is 42.6 Å². The van der Waals surface area contributed by atoms with Crippen molar-refractivity contribution in [3.8, 4) is 22.4 Å². The molecule has 0 aliphatic rings. The second-order valence-corrected chi connectivity index (χ2v) is 13.1. The highest BCUT2D eigenvalue weighted by Crippen LogP contribution is 2.41. The smallest absolute Gasteiger partial charge is 0.0841 e. The van der Waals surface area contributed by atoms with Crippen LogP contribution in [0.3, 0.4) is 0 Å². The Labute approximate surface area is 216 Å².